The van der Waals surface area contributed by atoms with E-state index in [0.717, 1.165) is 6.42 Å². The number of methoxy groups -OCH3 is 1. The highest BCUT2D eigenvalue weighted by Gasteiger charge is 2.17. The topological polar surface area (TPSA) is 71.1 Å². The molecule has 0 aromatic heterocycles. The zero-order valence-corrected chi connectivity index (χ0v) is 17.4. The Morgan fingerprint density at radius 2 is 1.52 bits per heavy atom. The fraction of sp³-hybridized carbons (Fsp3) is 0.391. The van der Waals surface area contributed by atoms with E-state index in [9.17, 15) is 9.59 Å². The van der Waals surface area contributed by atoms with Crippen molar-refractivity contribution in [2.24, 2.45) is 0 Å². The molecule has 0 N–H and O–H groups in total. The predicted octanol–water partition coefficient (Wildman–Crippen LogP) is 4.16. The molecule has 0 radical (unpaired) electrons. The van der Waals surface area contributed by atoms with Crippen LogP contribution in [-0.4, -0.2) is 38.9 Å². The van der Waals surface area contributed by atoms with E-state index in [1.165, 1.54) is 36.9 Å². The Kier molecular flexibility index (Phi) is 8.21. The van der Waals surface area contributed by atoms with Crippen molar-refractivity contribution in [3.63, 3.8) is 0 Å². The first-order valence-electron chi connectivity index (χ1n) is 9.56. The molecule has 0 bridgehead atoms. The monoisotopic (exact) mass is 400 g/mol. The molecule has 0 atom stereocenters. The zero-order valence-electron chi connectivity index (χ0n) is 17.4. The third-order valence-corrected chi connectivity index (χ3v) is 4.72. The first-order chi connectivity index (χ1) is 13.9. The van der Waals surface area contributed by atoms with Crippen LogP contribution in [-0.2, 0) is 19.7 Å². The van der Waals surface area contributed by atoms with Gasteiger partial charge >= 0.3 is 11.9 Å². The van der Waals surface area contributed by atoms with Crippen LogP contribution in [0.4, 0.5) is 0 Å². The fourth-order valence-electron chi connectivity index (χ4n) is 2.47. The number of carbonyl (C=O) groups excluding carboxylic acids is 2. The number of hydrogen-bond acceptors (Lipinski definition) is 6. The Hall–Kier alpha value is -2.86. The molecule has 0 aliphatic carbocycles. The Balaban J connectivity index is 1.82. The molecule has 29 heavy (non-hydrogen) atoms. The highest BCUT2D eigenvalue weighted by Crippen LogP contribution is 2.28. The Bertz CT molecular complexity index is 793. The van der Waals surface area contributed by atoms with Crippen LogP contribution in [0.3, 0.4) is 0 Å². The Morgan fingerprint density at radius 3 is 2.10 bits per heavy atom. The van der Waals surface area contributed by atoms with Gasteiger partial charge in [0.15, 0.2) is 6.61 Å². The highest BCUT2D eigenvalue weighted by atomic mass is 16.6. The summed E-state index contributed by atoms with van der Waals surface area (Å²) in [7, 11) is 1.53. The van der Waals surface area contributed by atoms with E-state index < -0.39 is 11.9 Å². The van der Waals surface area contributed by atoms with Crippen molar-refractivity contribution in [1.29, 1.82) is 0 Å². The van der Waals surface area contributed by atoms with Gasteiger partial charge in [0, 0.05) is 7.11 Å². The summed E-state index contributed by atoms with van der Waals surface area (Å²) in [4.78, 5) is 23.8. The smallest absolute Gasteiger partial charge is 0.349 e. The second-order valence-corrected chi connectivity index (χ2v) is 7.18. The summed E-state index contributed by atoms with van der Waals surface area (Å²) in [5, 5.41) is 0. The second-order valence-electron chi connectivity index (χ2n) is 7.18. The van der Waals surface area contributed by atoms with E-state index in [2.05, 4.69) is 20.8 Å². The molecule has 2 aromatic carbocycles. The molecule has 0 saturated carbocycles. The van der Waals surface area contributed by atoms with E-state index in [4.69, 9.17) is 18.9 Å². The van der Waals surface area contributed by atoms with Crippen molar-refractivity contribution in [3.05, 3.63) is 59.7 Å². The van der Waals surface area contributed by atoms with Crippen molar-refractivity contribution < 1.29 is 28.5 Å². The quantitative estimate of drug-likeness (QED) is 0.339. The number of hydrogen-bond donors (Lipinski definition) is 0. The maximum Gasteiger partial charge on any atom is 0.349 e. The molecule has 0 saturated heterocycles. The molecule has 156 valence electrons. The van der Waals surface area contributed by atoms with Crippen LogP contribution >= 0.6 is 0 Å². The summed E-state index contributed by atoms with van der Waals surface area (Å²) in [6.07, 6.45) is 1.03. The summed E-state index contributed by atoms with van der Waals surface area (Å²) in [5.74, 6) is -0.0600. The van der Waals surface area contributed by atoms with Gasteiger partial charge in [0.2, 0.25) is 0 Å². The van der Waals surface area contributed by atoms with E-state index in [1.807, 2.05) is 24.3 Å². The SMILES string of the molecule is CCC(C)(C)c1ccc(OCC(=O)Oc2ccc(C(=O)OCCOC)cc2)cc1. The average Bonchev–Trinajstić information content (AvgIpc) is 2.73. The lowest BCUT2D eigenvalue weighted by molar-refractivity contribution is -0.136. The maximum atomic E-state index is 12.0. The van der Waals surface area contributed by atoms with Crippen LogP contribution in [0.1, 0.15) is 43.1 Å². The van der Waals surface area contributed by atoms with Crippen molar-refractivity contribution in [1.82, 2.24) is 0 Å². The molecule has 2 aromatic rings. The largest absolute Gasteiger partial charge is 0.482 e. The number of benzene rings is 2. The third kappa shape index (κ3) is 6.91. The van der Waals surface area contributed by atoms with Crippen molar-refractivity contribution >= 4 is 11.9 Å². The molecule has 0 fully saturated rings. The Labute approximate surface area is 171 Å². The van der Waals surface area contributed by atoms with Gasteiger partial charge in [-0.1, -0.05) is 32.9 Å². The van der Waals surface area contributed by atoms with Gasteiger partial charge in [-0.2, -0.15) is 0 Å². The number of ether oxygens (including phenoxy) is 4. The molecule has 0 unspecified atom stereocenters. The third-order valence-electron chi connectivity index (χ3n) is 4.72. The molecular formula is C23H28O6. The molecule has 0 spiro atoms. The molecule has 2 rings (SSSR count). The van der Waals surface area contributed by atoms with Gasteiger partial charge in [-0.25, -0.2) is 9.59 Å². The zero-order chi connectivity index (χ0) is 21.3. The van der Waals surface area contributed by atoms with Crippen LogP contribution in [0.25, 0.3) is 0 Å². The predicted molar refractivity (Wildman–Crippen MR) is 109 cm³/mol. The van der Waals surface area contributed by atoms with E-state index in [0.29, 0.717) is 23.7 Å². The molecule has 0 amide bonds. The van der Waals surface area contributed by atoms with Crippen LogP contribution in [0.5, 0.6) is 11.5 Å². The molecular weight excluding hydrogens is 372 g/mol. The van der Waals surface area contributed by atoms with Gasteiger partial charge in [-0.15, -0.1) is 0 Å². The van der Waals surface area contributed by atoms with Gasteiger partial charge in [-0.3, -0.25) is 0 Å². The van der Waals surface area contributed by atoms with Crippen LogP contribution in [0.2, 0.25) is 0 Å². The lowest BCUT2D eigenvalue weighted by atomic mass is 9.82. The van der Waals surface area contributed by atoms with Crippen LogP contribution < -0.4 is 9.47 Å². The Morgan fingerprint density at radius 1 is 0.897 bits per heavy atom. The second kappa shape index (κ2) is 10.6. The van der Waals surface area contributed by atoms with Gasteiger partial charge in [0.1, 0.15) is 18.1 Å². The van der Waals surface area contributed by atoms with Gasteiger partial charge in [0.05, 0.1) is 12.2 Å². The normalized spacial score (nSPS) is 11.0. The minimum absolute atomic E-state index is 0.0970. The number of carbonyl (C=O) groups is 2. The first-order valence-corrected chi connectivity index (χ1v) is 9.56. The van der Waals surface area contributed by atoms with E-state index in [-0.39, 0.29) is 18.6 Å². The summed E-state index contributed by atoms with van der Waals surface area (Å²) in [6.45, 7) is 6.82. The number of rotatable bonds is 10. The molecule has 6 heteroatoms. The van der Waals surface area contributed by atoms with Gasteiger partial charge in [0.25, 0.3) is 0 Å². The molecule has 0 heterocycles. The molecule has 0 aliphatic rings. The van der Waals surface area contributed by atoms with E-state index >= 15 is 0 Å². The lowest BCUT2D eigenvalue weighted by Crippen LogP contribution is -2.18. The summed E-state index contributed by atoms with van der Waals surface area (Å²) in [6, 6.07) is 13.9. The average molecular weight is 400 g/mol. The maximum absolute atomic E-state index is 12.0. The van der Waals surface area contributed by atoms with Crippen molar-refractivity contribution in [2.45, 2.75) is 32.6 Å². The lowest BCUT2D eigenvalue weighted by Gasteiger charge is -2.23. The standard InChI is InChI=1S/C23H28O6/c1-5-23(2,3)18-8-12-19(13-9-18)28-16-21(24)29-20-10-6-17(7-11-20)22(25)27-15-14-26-4/h6-13H,5,14-16H2,1-4H3. The van der Waals surface area contributed by atoms with Crippen LogP contribution in [0, 0.1) is 0 Å². The molecule has 0 aliphatic heterocycles. The van der Waals surface area contributed by atoms with Crippen molar-refractivity contribution in [3.8, 4) is 11.5 Å². The summed E-state index contributed by atoms with van der Waals surface area (Å²) >= 11 is 0. The highest BCUT2D eigenvalue weighted by molar-refractivity contribution is 5.89. The van der Waals surface area contributed by atoms with Gasteiger partial charge < -0.3 is 18.9 Å². The summed E-state index contributed by atoms with van der Waals surface area (Å²) in [5.41, 5.74) is 1.68. The minimum atomic E-state index is -0.529. The summed E-state index contributed by atoms with van der Waals surface area (Å²) < 4.78 is 20.6. The molecule has 6 nitrogen and oxygen atoms in total. The number of esters is 2. The first kappa shape index (κ1) is 22.4. The van der Waals surface area contributed by atoms with E-state index in [1.54, 1.807) is 0 Å². The van der Waals surface area contributed by atoms with Gasteiger partial charge in [-0.05, 0) is 53.8 Å². The minimum Gasteiger partial charge on any atom is -0.482 e. The van der Waals surface area contributed by atoms with Crippen molar-refractivity contribution in [2.75, 3.05) is 26.9 Å². The van der Waals surface area contributed by atoms with Crippen LogP contribution in [0.15, 0.2) is 48.5 Å². The fourth-order valence-corrected chi connectivity index (χ4v) is 2.47.